The molecular formula is C11H17NO4. The zero-order valence-electron chi connectivity index (χ0n) is 9.69. The van der Waals surface area contributed by atoms with Crippen LogP contribution in [0.25, 0.3) is 0 Å². The number of methoxy groups -OCH3 is 1. The lowest BCUT2D eigenvalue weighted by atomic mass is 10.1. The average molecular weight is 227 g/mol. The third kappa shape index (κ3) is 1.80. The normalized spacial score (nSPS) is 27.4. The number of ether oxygens (including phenoxy) is 2. The van der Waals surface area contributed by atoms with E-state index < -0.39 is 11.4 Å². The Kier molecular flexibility index (Phi) is 2.88. The van der Waals surface area contributed by atoms with Crippen LogP contribution in [0.1, 0.15) is 19.8 Å². The maximum atomic E-state index is 12.2. The fourth-order valence-electron chi connectivity index (χ4n) is 2.13. The molecule has 0 N–H and O–H groups in total. The Labute approximate surface area is 94.7 Å². The van der Waals surface area contributed by atoms with Crippen molar-refractivity contribution in [1.82, 2.24) is 4.90 Å². The van der Waals surface area contributed by atoms with Crippen LogP contribution in [-0.4, -0.2) is 49.7 Å². The van der Waals surface area contributed by atoms with Crippen LogP contribution in [-0.2, 0) is 19.1 Å². The number of carbonyl (C=O) groups is 2. The second-order valence-corrected chi connectivity index (χ2v) is 4.51. The first-order valence-electron chi connectivity index (χ1n) is 5.59. The SMILES string of the molecule is COC(=O)C1(C(=O)N2CCO[C@@H](C)C2)CC1. The van der Waals surface area contributed by atoms with E-state index >= 15 is 0 Å². The Morgan fingerprint density at radius 3 is 2.62 bits per heavy atom. The van der Waals surface area contributed by atoms with Gasteiger partial charge < -0.3 is 14.4 Å². The van der Waals surface area contributed by atoms with Gasteiger partial charge in [-0.2, -0.15) is 0 Å². The summed E-state index contributed by atoms with van der Waals surface area (Å²) in [6.07, 6.45) is 1.28. The van der Waals surface area contributed by atoms with E-state index in [1.54, 1.807) is 4.90 Å². The van der Waals surface area contributed by atoms with Crippen molar-refractivity contribution in [3.63, 3.8) is 0 Å². The lowest BCUT2D eigenvalue weighted by Gasteiger charge is -2.33. The fraction of sp³-hybridized carbons (Fsp3) is 0.818. The van der Waals surface area contributed by atoms with Crippen LogP contribution in [0, 0.1) is 5.41 Å². The summed E-state index contributed by atoms with van der Waals surface area (Å²) in [4.78, 5) is 25.5. The fourth-order valence-corrected chi connectivity index (χ4v) is 2.13. The molecule has 1 aliphatic carbocycles. The van der Waals surface area contributed by atoms with E-state index in [0.29, 0.717) is 32.5 Å². The minimum atomic E-state index is -0.869. The molecule has 1 saturated carbocycles. The Morgan fingerprint density at radius 2 is 2.12 bits per heavy atom. The zero-order chi connectivity index (χ0) is 11.8. The van der Waals surface area contributed by atoms with E-state index in [2.05, 4.69) is 0 Å². The number of esters is 1. The van der Waals surface area contributed by atoms with Gasteiger partial charge in [0.1, 0.15) is 5.41 Å². The minimum absolute atomic E-state index is 0.0474. The highest BCUT2D eigenvalue weighted by atomic mass is 16.5. The molecule has 1 amide bonds. The second kappa shape index (κ2) is 4.05. The molecule has 0 bridgehead atoms. The van der Waals surface area contributed by atoms with Crippen LogP contribution >= 0.6 is 0 Å². The summed E-state index contributed by atoms with van der Waals surface area (Å²) in [5, 5.41) is 0. The van der Waals surface area contributed by atoms with Crippen molar-refractivity contribution < 1.29 is 19.1 Å². The van der Waals surface area contributed by atoms with Gasteiger partial charge in [-0.05, 0) is 19.8 Å². The molecule has 2 aliphatic rings. The van der Waals surface area contributed by atoms with Crippen molar-refractivity contribution in [2.45, 2.75) is 25.9 Å². The first kappa shape index (κ1) is 11.4. The van der Waals surface area contributed by atoms with E-state index in [1.807, 2.05) is 6.92 Å². The molecule has 2 fully saturated rings. The van der Waals surface area contributed by atoms with E-state index in [4.69, 9.17) is 9.47 Å². The van der Waals surface area contributed by atoms with Crippen molar-refractivity contribution in [2.24, 2.45) is 5.41 Å². The smallest absolute Gasteiger partial charge is 0.321 e. The number of hydrogen-bond acceptors (Lipinski definition) is 4. The van der Waals surface area contributed by atoms with Crippen LogP contribution < -0.4 is 0 Å². The summed E-state index contributed by atoms with van der Waals surface area (Å²) in [5.41, 5.74) is -0.869. The van der Waals surface area contributed by atoms with E-state index in [1.165, 1.54) is 7.11 Å². The number of rotatable bonds is 2. The topological polar surface area (TPSA) is 55.8 Å². The molecule has 16 heavy (non-hydrogen) atoms. The molecule has 1 saturated heterocycles. The van der Waals surface area contributed by atoms with Gasteiger partial charge in [0, 0.05) is 13.1 Å². The number of amides is 1. The molecule has 5 nitrogen and oxygen atoms in total. The van der Waals surface area contributed by atoms with Gasteiger partial charge in [0.05, 0.1) is 19.8 Å². The van der Waals surface area contributed by atoms with Gasteiger partial charge >= 0.3 is 5.97 Å². The summed E-state index contributed by atoms with van der Waals surface area (Å²) in [6, 6.07) is 0. The summed E-state index contributed by atoms with van der Waals surface area (Å²) >= 11 is 0. The Balaban J connectivity index is 2.04. The molecule has 0 unspecified atom stereocenters. The maximum absolute atomic E-state index is 12.2. The van der Waals surface area contributed by atoms with E-state index in [9.17, 15) is 9.59 Å². The largest absolute Gasteiger partial charge is 0.468 e. The molecule has 0 aromatic heterocycles. The third-order valence-electron chi connectivity index (χ3n) is 3.26. The highest BCUT2D eigenvalue weighted by Gasteiger charge is 2.59. The minimum Gasteiger partial charge on any atom is -0.468 e. The number of hydrogen-bond donors (Lipinski definition) is 0. The van der Waals surface area contributed by atoms with Gasteiger partial charge in [-0.1, -0.05) is 0 Å². The Bertz CT molecular complexity index is 311. The van der Waals surface area contributed by atoms with Crippen LogP contribution in [0.2, 0.25) is 0 Å². The summed E-state index contributed by atoms with van der Waals surface area (Å²) in [6.45, 7) is 3.61. The molecule has 1 atom stereocenters. The lowest BCUT2D eigenvalue weighted by Crippen LogP contribution is -2.49. The predicted octanol–water partition coefficient (Wildman–Crippen LogP) is 0.187. The number of carbonyl (C=O) groups excluding carboxylic acids is 2. The second-order valence-electron chi connectivity index (χ2n) is 4.51. The molecule has 0 aromatic rings. The molecule has 1 heterocycles. The highest BCUT2D eigenvalue weighted by molar-refractivity contribution is 6.05. The van der Waals surface area contributed by atoms with Gasteiger partial charge in [-0.3, -0.25) is 9.59 Å². The number of nitrogens with zero attached hydrogens (tertiary/aromatic N) is 1. The Morgan fingerprint density at radius 1 is 1.44 bits per heavy atom. The van der Waals surface area contributed by atoms with E-state index in [0.717, 1.165) is 0 Å². The van der Waals surface area contributed by atoms with E-state index in [-0.39, 0.29) is 12.0 Å². The van der Waals surface area contributed by atoms with Crippen molar-refractivity contribution in [3.8, 4) is 0 Å². The van der Waals surface area contributed by atoms with Crippen LogP contribution in [0.4, 0.5) is 0 Å². The monoisotopic (exact) mass is 227 g/mol. The van der Waals surface area contributed by atoms with Gasteiger partial charge in [0.2, 0.25) is 5.91 Å². The zero-order valence-corrected chi connectivity index (χ0v) is 9.69. The third-order valence-corrected chi connectivity index (χ3v) is 3.26. The predicted molar refractivity (Wildman–Crippen MR) is 55.7 cm³/mol. The van der Waals surface area contributed by atoms with Gasteiger partial charge in [0.25, 0.3) is 0 Å². The summed E-state index contributed by atoms with van der Waals surface area (Å²) < 4.78 is 10.1. The molecule has 1 aliphatic heterocycles. The van der Waals surface area contributed by atoms with Crippen molar-refractivity contribution in [1.29, 1.82) is 0 Å². The number of morpholine rings is 1. The molecule has 90 valence electrons. The first-order chi connectivity index (χ1) is 7.60. The van der Waals surface area contributed by atoms with Gasteiger partial charge in [0.15, 0.2) is 0 Å². The Hall–Kier alpha value is -1.10. The van der Waals surface area contributed by atoms with Crippen molar-refractivity contribution >= 4 is 11.9 Å². The van der Waals surface area contributed by atoms with Crippen LogP contribution in [0.3, 0.4) is 0 Å². The van der Waals surface area contributed by atoms with Crippen LogP contribution in [0.5, 0.6) is 0 Å². The molecule has 0 aromatic carbocycles. The molecule has 0 spiro atoms. The van der Waals surface area contributed by atoms with Gasteiger partial charge in [-0.15, -0.1) is 0 Å². The maximum Gasteiger partial charge on any atom is 0.321 e. The van der Waals surface area contributed by atoms with Crippen molar-refractivity contribution in [3.05, 3.63) is 0 Å². The molecule has 5 heteroatoms. The molecule has 2 rings (SSSR count). The quantitative estimate of drug-likeness (QED) is 0.499. The summed E-state index contributed by atoms with van der Waals surface area (Å²) in [7, 11) is 1.33. The molecule has 0 radical (unpaired) electrons. The summed E-state index contributed by atoms with van der Waals surface area (Å²) in [5.74, 6) is -0.480. The van der Waals surface area contributed by atoms with Crippen LogP contribution in [0.15, 0.2) is 0 Å². The highest BCUT2D eigenvalue weighted by Crippen LogP contribution is 2.48. The average Bonchev–Trinajstić information content (AvgIpc) is 3.08. The lowest BCUT2D eigenvalue weighted by molar-refractivity contribution is -0.159. The molecular weight excluding hydrogens is 210 g/mol. The van der Waals surface area contributed by atoms with Crippen molar-refractivity contribution in [2.75, 3.05) is 26.8 Å². The first-order valence-corrected chi connectivity index (χ1v) is 5.59. The standard InChI is InChI=1S/C11H17NO4/c1-8-7-12(5-6-16-8)9(13)11(3-4-11)10(14)15-2/h8H,3-7H2,1-2H3/t8-/m0/s1. The van der Waals surface area contributed by atoms with Gasteiger partial charge in [-0.25, -0.2) is 0 Å².